The van der Waals surface area contributed by atoms with Gasteiger partial charge in [-0.25, -0.2) is 4.98 Å². The number of aromatic nitrogens is 1. The Hall–Kier alpha value is -2.49. The SMILES string of the molecule is N#Cc1ccsc1NC(=O)c1csc(Cc2ccccc2)n1. The number of carbonyl (C=O) groups excluding carboxylic acids is 1. The Bertz CT molecular complexity index is 830. The molecule has 0 saturated heterocycles. The molecule has 0 unspecified atom stereocenters. The molecule has 3 aromatic rings. The molecule has 1 amide bonds. The molecule has 22 heavy (non-hydrogen) atoms. The van der Waals surface area contributed by atoms with Crippen LogP contribution < -0.4 is 5.32 Å². The second kappa shape index (κ2) is 6.52. The first kappa shape index (κ1) is 14.4. The van der Waals surface area contributed by atoms with Crippen molar-refractivity contribution in [2.75, 3.05) is 5.32 Å². The van der Waals surface area contributed by atoms with Crippen LogP contribution in [0.15, 0.2) is 47.2 Å². The van der Waals surface area contributed by atoms with Gasteiger partial charge in [0.2, 0.25) is 0 Å². The Morgan fingerprint density at radius 2 is 2.05 bits per heavy atom. The maximum absolute atomic E-state index is 12.2. The fraction of sp³-hybridized carbons (Fsp3) is 0.0625. The van der Waals surface area contributed by atoms with Gasteiger partial charge < -0.3 is 5.32 Å². The highest BCUT2D eigenvalue weighted by molar-refractivity contribution is 7.14. The Morgan fingerprint density at radius 3 is 2.82 bits per heavy atom. The number of carbonyl (C=O) groups is 1. The molecule has 0 saturated carbocycles. The summed E-state index contributed by atoms with van der Waals surface area (Å²) >= 11 is 2.79. The van der Waals surface area contributed by atoms with Crippen LogP contribution in [0.2, 0.25) is 0 Å². The summed E-state index contributed by atoms with van der Waals surface area (Å²) in [5, 5.41) is 16.7. The van der Waals surface area contributed by atoms with E-state index in [2.05, 4.69) is 10.3 Å². The summed E-state index contributed by atoms with van der Waals surface area (Å²) in [7, 11) is 0. The van der Waals surface area contributed by atoms with Crippen molar-refractivity contribution in [3.63, 3.8) is 0 Å². The highest BCUT2D eigenvalue weighted by atomic mass is 32.1. The van der Waals surface area contributed by atoms with E-state index in [0.717, 1.165) is 10.6 Å². The van der Waals surface area contributed by atoms with Crippen LogP contribution in [0.5, 0.6) is 0 Å². The number of anilines is 1. The van der Waals surface area contributed by atoms with Gasteiger partial charge in [0.25, 0.3) is 5.91 Å². The topological polar surface area (TPSA) is 65.8 Å². The van der Waals surface area contributed by atoms with E-state index in [1.54, 1.807) is 16.8 Å². The third kappa shape index (κ3) is 3.22. The first-order valence-corrected chi connectivity index (χ1v) is 8.29. The molecule has 0 bridgehead atoms. The minimum absolute atomic E-state index is 0.283. The monoisotopic (exact) mass is 325 g/mol. The number of nitrogens with one attached hydrogen (secondary N) is 1. The van der Waals surface area contributed by atoms with E-state index in [-0.39, 0.29) is 5.91 Å². The van der Waals surface area contributed by atoms with E-state index in [0.29, 0.717) is 22.7 Å². The van der Waals surface area contributed by atoms with Gasteiger partial charge in [0.05, 0.1) is 10.6 Å². The maximum atomic E-state index is 12.2. The second-order valence-corrected chi connectivity index (χ2v) is 6.38. The van der Waals surface area contributed by atoms with Crippen LogP contribution in [0.3, 0.4) is 0 Å². The van der Waals surface area contributed by atoms with Gasteiger partial charge in [0, 0.05) is 11.8 Å². The summed E-state index contributed by atoms with van der Waals surface area (Å²) in [4.78, 5) is 16.5. The number of rotatable bonds is 4. The van der Waals surface area contributed by atoms with Crippen LogP contribution in [0.4, 0.5) is 5.00 Å². The Morgan fingerprint density at radius 1 is 1.23 bits per heavy atom. The smallest absolute Gasteiger partial charge is 0.275 e. The zero-order valence-electron chi connectivity index (χ0n) is 11.4. The highest BCUT2D eigenvalue weighted by Gasteiger charge is 2.14. The van der Waals surface area contributed by atoms with Gasteiger partial charge in [-0.2, -0.15) is 5.26 Å². The van der Waals surface area contributed by atoms with Crippen molar-refractivity contribution in [3.8, 4) is 6.07 Å². The fourth-order valence-corrected chi connectivity index (χ4v) is 3.47. The summed E-state index contributed by atoms with van der Waals surface area (Å²) in [6.07, 6.45) is 0.710. The van der Waals surface area contributed by atoms with Gasteiger partial charge >= 0.3 is 0 Å². The number of amides is 1. The molecule has 0 radical (unpaired) electrons. The van der Waals surface area contributed by atoms with Crippen molar-refractivity contribution in [2.24, 2.45) is 0 Å². The van der Waals surface area contributed by atoms with Crippen LogP contribution in [0.25, 0.3) is 0 Å². The third-order valence-electron chi connectivity index (χ3n) is 3.00. The lowest BCUT2D eigenvalue weighted by atomic mass is 10.2. The molecule has 1 N–H and O–H groups in total. The average Bonchev–Trinajstić information content (AvgIpc) is 3.17. The van der Waals surface area contributed by atoms with Crippen molar-refractivity contribution in [3.05, 3.63) is 69.0 Å². The van der Waals surface area contributed by atoms with Crippen molar-refractivity contribution >= 4 is 33.6 Å². The molecule has 3 rings (SSSR count). The number of thiophene rings is 1. The van der Waals surface area contributed by atoms with Gasteiger partial charge in [-0.3, -0.25) is 4.79 Å². The molecule has 2 aromatic heterocycles. The molecule has 0 aliphatic rings. The molecule has 1 aromatic carbocycles. The normalized spacial score (nSPS) is 10.1. The Balaban J connectivity index is 1.71. The largest absolute Gasteiger partial charge is 0.311 e. The third-order valence-corrected chi connectivity index (χ3v) is 4.67. The molecule has 2 heterocycles. The lowest BCUT2D eigenvalue weighted by Crippen LogP contribution is -2.12. The molecule has 0 aliphatic heterocycles. The summed E-state index contributed by atoms with van der Waals surface area (Å²) in [5.41, 5.74) is 2.01. The number of thiazole rings is 1. The van der Waals surface area contributed by atoms with E-state index in [4.69, 9.17) is 5.26 Å². The number of benzene rings is 1. The Kier molecular flexibility index (Phi) is 4.28. The minimum Gasteiger partial charge on any atom is -0.311 e. The average molecular weight is 325 g/mol. The molecule has 108 valence electrons. The van der Waals surface area contributed by atoms with Crippen molar-refractivity contribution in [1.82, 2.24) is 4.98 Å². The summed E-state index contributed by atoms with van der Waals surface area (Å²) in [6, 6.07) is 13.7. The lowest BCUT2D eigenvalue weighted by molar-refractivity contribution is 0.102. The second-order valence-electron chi connectivity index (χ2n) is 4.52. The first-order chi connectivity index (χ1) is 10.8. The van der Waals surface area contributed by atoms with E-state index in [1.165, 1.54) is 22.7 Å². The molecular weight excluding hydrogens is 314 g/mol. The molecular formula is C16H11N3OS2. The highest BCUT2D eigenvalue weighted by Crippen LogP contribution is 2.23. The van der Waals surface area contributed by atoms with Crippen molar-refractivity contribution in [2.45, 2.75) is 6.42 Å². The van der Waals surface area contributed by atoms with E-state index < -0.39 is 0 Å². The van der Waals surface area contributed by atoms with Crippen molar-refractivity contribution in [1.29, 1.82) is 5.26 Å². The minimum atomic E-state index is -0.283. The summed E-state index contributed by atoms with van der Waals surface area (Å²) in [5.74, 6) is -0.283. The zero-order chi connectivity index (χ0) is 15.4. The van der Waals surface area contributed by atoms with Crippen LogP contribution in [0.1, 0.15) is 26.6 Å². The number of hydrogen-bond donors (Lipinski definition) is 1. The predicted octanol–water partition coefficient (Wildman–Crippen LogP) is 3.92. The number of nitrogens with zero attached hydrogens (tertiary/aromatic N) is 2. The zero-order valence-corrected chi connectivity index (χ0v) is 13.1. The van der Waals surface area contributed by atoms with Crippen LogP contribution in [-0.2, 0) is 6.42 Å². The molecule has 4 nitrogen and oxygen atoms in total. The standard InChI is InChI=1S/C16H11N3OS2/c17-9-12-6-7-21-16(12)19-15(20)13-10-22-14(18-13)8-11-4-2-1-3-5-11/h1-7,10H,8H2,(H,19,20). The Labute approximate surface area is 135 Å². The molecule has 0 fully saturated rings. The van der Waals surface area contributed by atoms with Crippen LogP contribution in [0, 0.1) is 11.3 Å². The quantitative estimate of drug-likeness (QED) is 0.790. The van der Waals surface area contributed by atoms with Crippen molar-refractivity contribution < 1.29 is 4.79 Å². The van der Waals surface area contributed by atoms with Gasteiger partial charge in [0.15, 0.2) is 0 Å². The predicted molar refractivity (Wildman–Crippen MR) is 88.3 cm³/mol. The molecule has 0 aliphatic carbocycles. The molecule has 6 heteroatoms. The summed E-state index contributed by atoms with van der Waals surface area (Å²) in [6.45, 7) is 0. The number of nitriles is 1. The maximum Gasteiger partial charge on any atom is 0.275 e. The molecule has 0 spiro atoms. The van der Waals surface area contributed by atoms with Gasteiger partial charge in [-0.15, -0.1) is 22.7 Å². The van der Waals surface area contributed by atoms with Crippen LogP contribution in [-0.4, -0.2) is 10.9 Å². The number of hydrogen-bond acceptors (Lipinski definition) is 5. The van der Waals surface area contributed by atoms with Crippen LogP contribution >= 0.6 is 22.7 Å². The molecule has 0 atom stereocenters. The van der Waals surface area contributed by atoms with E-state index >= 15 is 0 Å². The van der Waals surface area contributed by atoms with Gasteiger partial charge in [-0.05, 0) is 17.0 Å². The van der Waals surface area contributed by atoms with E-state index in [9.17, 15) is 4.79 Å². The first-order valence-electron chi connectivity index (χ1n) is 6.53. The summed E-state index contributed by atoms with van der Waals surface area (Å²) < 4.78 is 0. The van der Waals surface area contributed by atoms with Gasteiger partial charge in [0.1, 0.15) is 16.8 Å². The fourth-order valence-electron chi connectivity index (χ4n) is 1.93. The van der Waals surface area contributed by atoms with Gasteiger partial charge in [-0.1, -0.05) is 30.3 Å². The van der Waals surface area contributed by atoms with E-state index in [1.807, 2.05) is 36.4 Å². The lowest BCUT2D eigenvalue weighted by Gasteiger charge is -2.00.